The van der Waals surface area contributed by atoms with E-state index in [1.165, 1.54) is 0 Å². The number of hydrogen-bond donors (Lipinski definition) is 0. The van der Waals surface area contributed by atoms with Gasteiger partial charge in [0.15, 0.2) is 11.5 Å². The highest BCUT2D eigenvalue weighted by Crippen LogP contribution is 2.32. The first-order valence-corrected chi connectivity index (χ1v) is 11.5. The minimum atomic E-state index is -0.503. The molecule has 9 nitrogen and oxygen atoms in total. The summed E-state index contributed by atoms with van der Waals surface area (Å²) in [6.07, 6.45) is 3.46. The zero-order valence-corrected chi connectivity index (χ0v) is 20.2. The quantitative estimate of drug-likeness (QED) is 0.447. The first-order chi connectivity index (χ1) is 16.2. The van der Waals surface area contributed by atoms with Crippen LogP contribution in [0.2, 0.25) is 0 Å². The molecule has 0 bridgehead atoms. The average Bonchev–Trinajstić information content (AvgIpc) is 3.18. The highest BCUT2D eigenvalue weighted by molar-refractivity contribution is 6.01. The molecule has 4 heterocycles. The summed E-state index contributed by atoms with van der Waals surface area (Å²) in [7, 11) is 0. The summed E-state index contributed by atoms with van der Waals surface area (Å²) in [6, 6.07) is 8.22. The molecule has 0 spiro atoms. The number of fused-ring (bicyclic) bond motifs is 2. The summed E-state index contributed by atoms with van der Waals surface area (Å²) in [5, 5.41) is 15.6. The van der Waals surface area contributed by atoms with Crippen LogP contribution in [0.3, 0.4) is 0 Å². The van der Waals surface area contributed by atoms with Crippen molar-refractivity contribution in [1.29, 1.82) is 0 Å². The zero-order valence-electron chi connectivity index (χ0n) is 20.2. The van der Waals surface area contributed by atoms with Crippen molar-refractivity contribution in [1.82, 2.24) is 29.7 Å². The van der Waals surface area contributed by atoms with Gasteiger partial charge >= 0.3 is 6.09 Å². The van der Waals surface area contributed by atoms with Crippen molar-refractivity contribution in [2.45, 2.75) is 40.2 Å². The van der Waals surface area contributed by atoms with E-state index in [0.717, 1.165) is 44.8 Å². The minimum absolute atomic E-state index is 0.273. The zero-order chi connectivity index (χ0) is 24.0. The Bertz CT molecular complexity index is 1380. The van der Waals surface area contributed by atoms with Crippen LogP contribution >= 0.6 is 0 Å². The molecule has 1 aliphatic rings. The lowest BCUT2D eigenvalue weighted by atomic mass is 10.0. The number of imidazole rings is 1. The summed E-state index contributed by atoms with van der Waals surface area (Å²) in [4.78, 5) is 20.9. The molecule has 34 heavy (non-hydrogen) atoms. The Labute approximate surface area is 198 Å². The summed E-state index contributed by atoms with van der Waals surface area (Å²) in [5.74, 6) is 0.819. The van der Waals surface area contributed by atoms with Crippen molar-refractivity contribution >= 4 is 28.3 Å². The molecule has 0 radical (unpaired) electrons. The van der Waals surface area contributed by atoms with Gasteiger partial charge in [0.25, 0.3) is 0 Å². The maximum atomic E-state index is 12.4. The van der Waals surface area contributed by atoms with Crippen LogP contribution in [-0.4, -0.2) is 67.6 Å². The number of aryl methyl sites for hydroxylation is 2. The number of benzene rings is 1. The number of carbonyl (C=O) groups excluding carboxylic acids is 1. The molecule has 9 heteroatoms. The lowest BCUT2D eigenvalue weighted by molar-refractivity contribution is 0.0240. The molecule has 1 amide bonds. The van der Waals surface area contributed by atoms with E-state index < -0.39 is 5.60 Å². The molecule has 0 saturated carbocycles. The maximum Gasteiger partial charge on any atom is 0.410 e. The lowest BCUT2D eigenvalue weighted by Gasteiger charge is -2.36. The van der Waals surface area contributed by atoms with Crippen molar-refractivity contribution in [3.63, 3.8) is 0 Å². The Morgan fingerprint density at radius 1 is 1.06 bits per heavy atom. The molecule has 1 aromatic carbocycles. The molecule has 1 saturated heterocycles. The fourth-order valence-electron chi connectivity index (χ4n) is 4.36. The van der Waals surface area contributed by atoms with Gasteiger partial charge in [-0.15, -0.1) is 5.10 Å². The van der Waals surface area contributed by atoms with Gasteiger partial charge in [-0.05, 0) is 46.2 Å². The number of rotatable bonds is 2. The molecule has 1 aliphatic heterocycles. The van der Waals surface area contributed by atoms with Crippen LogP contribution in [0, 0.1) is 13.8 Å². The van der Waals surface area contributed by atoms with Gasteiger partial charge in [-0.2, -0.15) is 10.2 Å². The van der Waals surface area contributed by atoms with Gasteiger partial charge in [0.2, 0.25) is 0 Å². The molecule has 0 N–H and O–H groups in total. The van der Waals surface area contributed by atoms with Crippen LogP contribution in [0.1, 0.15) is 32.0 Å². The van der Waals surface area contributed by atoms with Crippen molar-refractivity contribution in [2.24, 2.45) is 0 Å². The summed E-state index contributed by atoms with van der Waals surface area (Å²) >= 11 is 0. The minimum Gasteiger partial charge on any atom is -0.444 e. The predicted octanol–water partition coefficient (Wildman–Crippen LogP) is 4.01. The monoisotopic (exact) mass is 459 g/mol. The van der Waals surface area contributed by atoms with E-state index in [1.807, 2.05) is 51.4 Å². The van der Waals surface area contributed by atoms with Crippen molar-refractivity contribution < 1.29 is 9.53 Å². The molecule has 5 rings (SSSR count). The van der Waals surface area contributed by atoms with Crippen molar-refractivity contribution in [3.8, 4) is 11.3 Å². The van der Waals surface area contributed by atoms with Gasteiger partial charge in [0.1, 0.15) is 5.60 Å². The Hall–Kier alpha value is -3.75. The molecule has 176 valence electrons. The van der Waals surface area contributed by atoms with E-state index in [9.17, 15) is 4.79 Å². The largest absolute Gasteiger partial charge is 0.444 e. The van der Waals surface area contributed by atoms with E-state index in [4.69, 9.17) is 9.84 Å². The van der Waals surface area contributed by atoms with Crippen LogP contribution < -0.4 is 4.90 Å². The average molecular weight is 460 g/mol. The van der Waals surface area contributed by atoms with Gasteiger partial charge in [0, 0.05) is 42.5 Å². The van der Waals surface area contributed by atoms with Crippen LogP contribution in [0.15, 0.2) is 36.7 Å². The highest BCUT2D eigenvalue weighted by Gasteiger charge is 2.27. The SMILES string of the molecule is Cc1cn2nc(-c3cccc4c(N5CCN(C(=O)OC(C)(C)C)CC5)nncc34)cc(C)c2n1. The fraction of sp³-hybridized carbons (Fsp3) is 0.400. The second-order valence-electron chi connectivity index (χ2n) is 9.75. The maximum absolute atomic E-state index is 12.4. The number of amides is 1. The van der Waals surface area contributed by atoms with Crippen LogP contribution in [0.4, 0.5) is 10.6 Å². The number of piperazine rings is 1. The second kappa shape index (κ2) is 8.23. The lowest BCUT2D eigenvalue weighted by Crippen LogP contribution is -2.50. The van der Waals surface area contributed by atoms with Crippen LogP contribution in [0.25, 0.3) is 27.7 Å². The number of hydrogen-bond acceptors (Lipinski definition) is 7. The molecule has 0 aliphatic carbocycles. The summed E-state index contributed by atoms with van der Waals surface area (Å²) in [6.45, 7) is 12.1. The number of ether oxygens (including phenoxy) is 1. The molecular weight excluding hydrogens is 430 g/mol. The van der Waals surface area contributed by atoms with Crippen molar-refractivity contribution in [2.75, 3.05) is 31.1 Å². The van der Waals surface area contributed by atoms with E-state index in [0.29, 0.717) is 26.2 Å². The van der Waals surface area contributed by atoms with Gasteiger partial charge in [-0.1, -0.05) is 18.2 Å². The van der Waals surface area contributed by atoms with E-state index in [2.05, 4.69) is 38.3 Å². The van der Waals surface area contributed by atoms with Crippen molar-refractivity contribution in [3.05, 3.63) is 47.9 Å². The first-order valence-electron chi connectivity index (χ1n) is 11.5. The molecule has 4 aromatic rings. The fourth-order valence-corrected chi connectivity index (χ4v) is 4.36. The standard InChI is InChI=1S/C25H29N7O2/c1-16-13-21(29-32-15-17(2)27-22(16)32)18-7-6-8-19-20(18)14-26-28-23(19)30-9-11-31(12-10-30)24(33)34-25(3,4)5/h6-8,13-15H,9-12H2,1-5H3. The molecule has 0 unspecified atom stereocenters. The Balaban J connectivity index is 1.46. The molecule has 0 atom stereocenters. The molecular formula is C25H29N7O2. The number of anilines is 1. The highest BCUT2D eigenvalue weighted by atomic mass is 16.6. The van der Waals surface area contributed by atoms with Crippen LogP contribution in [-0.2, 0) is 4.74 Å². The van der Waals surface area contributed by atoms with E-state index in [-0.39, 0.29) is 6.09 Å². The third-order valence-corrected chi connectivity index (χ3v) is 5.92. The topological polar surface area (TPSA) is 88.8 Å². The summed E-state index contributed by atoms with van der Waals surface area (Å²) < 4.78 is 7.36. The first kappa shape index (κ1) is 22.1. The second-order valence-corrected chi connectivity index (χ2v) is 9.75. The predicted molar refractivity (Wildman–Crippen MR) is 131 cm³/mol. The van der Waals surface area contributed by atoms with E-state index in [1.54, 1.807) is 11.1 Å². The third kappa shape index (κ3) is 4.13. The number of nitrogens with zero attached hydrogens (tertiary/aromatic N) is 7. The number of aromatic nitrogens is 5. The Morgan fingerprint density at radius 2 is 1.82 bits per heavy atom. The van der Waals surface area contributed by atoms with Gasteiger partial charge in [0.05, 0.1) is 23.8 Å². The smallest absolute Gasteiger partial charge is 0.410 e. The van der Waals surface area contributed by atoms with Gasteiger partial charge in [-0.3, -0.25) is 0 Å². The summed E-state index contributed by atoms with van der Waals surface area (Å²) in [5.41, 5.74) is 4.22. The Kier molecular flexibility index (Phi) is 5.34. The Morgan fingerprint density at radius 3 is 2.56 bits per heavy atom. The third-order valence-electron chi connectivity index (χ3n) is 5.92. The molecule has 3 aromatic heterocycles. The van der Waals surface area contributed by atoms with Crippen LogP contribution in [0.5, 0.6) is 0 Å². The van der Waals surface area contributed by atoms with E-state index >= 15 is 0 Å². The van der Waals surface area contributed by atoms with Gasteiger partial charge < -0.3 is 14.5 Å². The molecule has 1 fully saturated rings. The number of carbonyl (C=O) groups is 1. The normalized spacial score (nSPS) is 14.7. The van der Waals surface area contributed by atoms with Gasteiger partial charge in [-0.25, -0.2) is 14.3 Å².